The van der Waals surface area contributed by atoms with Gasteiger partial charge < -0.3 is 10.5 Å². The van der Waals surface area contributed by atoms with Gasteiger partial charge in [-0.3, -0.25) is 5.41 Å². The van der Waals surface area contributed by atoms with E-state index in [-0.39, 0.29) is 11.9 Å². The second kappa shape index (κ2) is 4.96. The van der Waals surface area contributed by atoms with Gasteiger partial charge >= 0.3 is 0 Å². The first-order chi connectivity index (χ1) is 7.43. The molecule has 0 aliphatic heterocycles. The zero-order valence-electron chi connectivity index (χ0n) is 10.2. The third kappa shape index (κ3) is 2.72. The molecule has 0 spiro atoms. The minimum absolute atomic E-state index is 0.00319. The Kier molecular flexibility index (Phi) is 3.88. The molecule has 0 saturated carbocycles. The van der Waals surface area contributed by atoms with Gasteiger partial charge in [-0.2, -0.15) is 0 Å². The molecule has 1 unspecified atom stereocenters. The van der Waals surface area contributed by atoms with E-state index in [1.165, 1.54) is 0 Å². The molecule has 4 nitrogen and oxygen atoms in total. The second-order valence-corrected chi connectivity index (χ2v) is 4.29. The molecule has 88 valence electrons. The molecule has 1 aromatic rings. The topological polar surface area (TPSA) is 72.0 Å². The lowest BCUT2D eigenvalue weighted by molar-refractivity contribution is 0.163. The fourth-order valence-electron chi connectivity index (χ4n) is 1.26. The van der Waals surface area contributed by atoms with Crippen LogP contribution in [0.4, 0.5) is 0 Å². The molecule has 16 heavy (non-hydrogen) atoms. The Morgan fingerprint density at radius 3 is 2.56 bits per heavy atom. The highest BCUT2D eigenvalue weighted by molar-refractivity contribution is 5.98. The number of nitrogens with two attached hydrogens (primary N) is 1. The van der Waals surface area contributed by atoms with Crippen molar-refractivity contribution in [3.05, 3.63) is 23.4 Å². The van der Waals surface area contributed by atoms with E-state index in [1.807, 2.05) is 19.9 Å². The van der Waals surface area contributed by atoms with Gasteiger partial charge in [-0.1, -0.05) is 13.8 Å². The van der Waals surface area contributed by atoms with Crippen molar-refractivity contribution < 1.29 is 4.74 Å². The number of nitrogen functional groups attached to an aromatic ring is 1. The number of aromatic nitrogens is 1. The van der Waals surface area contributed by atoms with Crippen molar-refractivity contribution in [3.63, 3.8) is 0 Å². The number of hydrogen-bond donors (Lipinski definition) is 2. The van der Waals surface area contributed by atoms with E-state index in [1.54, 1.807) is 6.20 Å². The third-order valence-electron chi connectivity index (χ3n) is 2.63. The molecule has 0 bridgehead atoms. The van der Waals surface area contributed by atoms with Crippen molar-refractivity contribution in [3.8, 4) is 5.88 Å². The van der Waals surface area contributed by atoms with Crippen LogP contribution in [0.1, 0.15) is 31.9 Å². The zero-order chi connectivity index (χ0) is 12.3. The van der Waals surface area contributed by atoms with Crippen LogP contribution in [-0.4, -0.2) is 16.9 Å². The first-order valence-electron chi connectivity index (χ1n) is 5.40. The Hall–Kier alpha value is -1.58. The fraction of sp³-hybridized carbons (Fsp3) is 0.500. The molecule has 4 heteroatoms. The van der Waals surface area contributed by atoms with Crippen LogP contribution >= 0.6 is 0 Å². The van der Waals surface area contributed by atoms with E-state index in [9.17, 15) is 0 Å². The molecule has 0 aliphatic rings. The predicted molar refractivity (Wildman–Crippen MR) is 64.9 cm³/mol. The Labute approximate surface area is 96.3 Å². The van der Waals surface area contributed by atoms with Crippen molar-refractivity contribution in [1.82, 2.24) is 4.98 Å². The minimum Gasteiger partial charge on any atom is -0.474 e. The van der Waals surface area contributed by atoms with Crippen LogP contribution in [0.15, 0.2) is 12.3 Å². The monoisotopic (exact) mass is 221 g/mol. The Bertz CT molecular complexity index is 388. The van der Waals surface area contributed by atoms with Gasteiger partial charge in [0.1, 0.15) is 5.84 Å². The van der Waals surface area contributed by atoms with E-state index in [4.69, 9.17) is 15.9 Å². The van der Waals surface area contributed by atoms with Crippen LogP contribution < -0.4 is 10.5 Å². The average Bonchev–Trinajstić information content (AvgIpc) is 2.16. The van der Waals surface area contributed by atoms with Crippen LogP contribution in [0.5, 0.6) is 5.88 Å². The molecule has 1 rings (SSSR count). The van der Waals surface area contributed by atoms with E-state index >= 15 is 0 Å². The summed E-state index contributed by atoms with van der Waals surface area (Å²) in [6, 6.07) is 1.82. The van der Waals surface area contributed by atoms with Gasteiger partial charge in [0.25, 0.3) is 0 Å². The molecule has 0 amide bonds. The maximum absolute atomic E-state index is 7.53. The summed E-state index contributed by atoms with van der Waals surface area (Å²) in [7, 11) is 0. The summed E-state index contributed by atoms with van der Waals surface area (Å²) in [5.74, 6) is 0.840. The zero-order valence-corrected chi connectivity index (χ0v) is 10.2. The Morgan fingerprint density at radius 2 is 2.06 bits per heavy atom. The molecule has 0 aromatic carbocycles. The number of amidine groups is 1. The number of pyridine rings is 1. The van der Waals surface area contributed by atoms with Gasteiger partial charge in [-0.05, 0) is 31.4 Å². The van der Waals surface area contributed by atoms with Gasteiger partial charge in [0.15, 0.2) is 0 Å². The summed E-state index contributed by atoms with van der Waals surface area (Å²) in [5, 5.41) is 7.53. The molecule has 0 aliphatic carbocycles. The highest BCUT2D eigenvalue weighted by atomic mass is 16.5. The molecule has 1 heterocycles. The van der Waals surface area contributed by atoms with Crippen molar-refractivity contribution >= 4 is 5.84 Å². The predicted octanol–water partition coefficient (Wildman–Crippen LogP) is 2.10. The minimum atomic E-state index is -0.00319. The van der Waals surface area contributed by atoms with Gasteiger partial charge in [0.2, 0.25) is 5.88 Å². The Morgan fingerprint density at radius 1 is 1.44 bits per heavy atom. The highest BCUT2D eigenvalue weighted by Gasteiger charge is 2.15. The maximum Gasteiger partial charge on any atom is 0.225 e. The molecule has 1 atom stereocenters. The first kappa shape index (κ1) is 12.5. The maximum atomic E-state index is 7.53. The fourth-order valence-corrected chi connectivity index (χ4v) is 1.26. The SMILES string of the molecule is Cc1ccnc(OC(C)C(C)C)c1C(=N)N. The van der Waals surface area contributed by atoms with E-state index in [0.717, 1.165) is 5.56 Å². The largest absolute Gasteiger partial charge is 0.474 e. The summed E-state index contributed by atoms with van der Waals surface area (Å²) in [6.07, 6.45) is 1.72. The number of aryl methyl sites for hydroxylation is 1. The summed E-state index contributed by atoms with van der Waals surface area (Å²) in [4.78, 5) is 4.14. The number of hydrogen-bond acceptors (Lipinski definition) is 3. The average molecular weight is 221 g/mol. The van der Waals surface area contributed by atoms with Crippen molar-refractivity contribution in [2.75, 3.05) is 0 Å². The van der Waals surface area contributed by atoms with Crippen molar-refractivity contribution in [2.45, 2.75) is 33.8 Å². The molecule has 3 N–H and O–H groups in total. The third-order valence-corrected chi connectivity index (χ3v) is 2.63. The van der Waals surface area contributed by atoms with Crippen molar-refractivity contribution in [2.24, 2.45) is 11.7 Å². The molecular weight excluding hydrogens is 202 g/mol. The summed E-state index contributed by atoms with van der Waals surface area (Å²) in [5.41, 5.74) is 7.03. The number of rotatable bonds is 4. The normalized spacial score (nSPS) is 12.6. The number of nitrogens with one attached hydrogen (secondary N) is 1. The van der Waals surface area contributed by atoms with Gasteiger partial charge in [-0.15, -0.1) is 0 Å². The van der Waals surface area contributed by atoms with Crippen LogP contribution in [0.25, 0.3) is 0 Å². The standard InChI is InChI=1S/C12H19N3O/c1-7(2)9(4)16-12-10(11(13)14)8(3)5-6-15-12/h5-7,9H,1-4H3,(H3,13,14). The van der Waals surface area contributed by atoms with Gasteiger partial charge in [0.05, 0.1) is 11.7 Å². The molecular formula is C12H19N3O. The lowest BCUT2D eigenvalue weighted by atomic mass is 10.1. The van der Waals surface area contributed by atoms with Gasteiger partial charge in [0, 0.05) is 6.20 Å². The van der Waals surface area contributed by atoms with Gasteiger partial charge in [-0.25, -0.2) is 4.98 Å². The summed E-state index contributed by atoms with van der Waals surface area (Å²) < 4.78 is 5.72. The summed E-state index contributed by atoms with van der Waals surface area (Å²) >= 11 is 0. The lowest BCUT2D eigenvalue weighted by Crippen LogP contribution is -2.23. The van der Waals surface area contributed by atoms with E-state index in [0.29, 0.717) is 17.4 Å². The number of ether oxygens (including phenoxy) is 1. The quantitative estimate of drug-likeness (QED) is 0.604. The van der Waals surface area contributed by atoms with E-state index in [2.05, 4.69) is 18.8 Å². The molecule has 0 radical (unpaired) electrons. The lowest BCUT2D eigenvalue weighted by Gasteiger charge is -2.19. The molecule has 0 fully saturated rings. The van der Waals surface area contributed by atoms with Crippen LogP contribution in [0.3, 0.4) is 0 Å². The van der Waals surface area contributed by atoms with E-state index < -0.39 is 0 Å². The van der Waals surface area contributed by atoms with Crippen molar-refractivity contribution in [1.29, 1.82) is 5.41 Å². The Balaban J connectivity index is 3.04. The molecule has 0 saturated heterocycles. The van der Waals surface area contributed by atoms with Crippen LogP contribution in [-0.2, 0) is 0 Å². The number of nitrogens with zero attached hydrogens (tertiary/aromatic N) is 1. The molecule has 1 aromatic heterocycles. The van der Waals surface area contributed by atoms with Crippen LogP contribution in [0, 0.1) is 18.3 Å². The smallest absolute Gasteiger partial charge is 0.225 e. The first-order valence-corrected chi connectivity index (χ1v) is 5.40. The highest BCUT2D eigenvalue weighted by Crippen LogP contribution is 2.21. The summed E-state index contributed by atoms with van der Waals surface area (Å²) in [6.45, 7) is 8.03. The van der Waals surface area contributed by atoms with Crippen LogP contribution in [0.2, 0.25) is 0 Å². The second-order valence-electron chi connectivity index (χ2n) is 4.29.